The molecule has 0 spiro atoms. The van der Waals surface area contributed by atoms with Crippen molar-refractivity contribution in [2.75, 3.05) is 41.0 Å². The summed E-state index contributed by atoms with van der Waals surface area (Å²) in [6.07, 6.45) is 0. The molecule has 2 rings (SSSR count). The van der Waals surface area contributed by atoms with E-state index in [-0.39, 0.29) is 18.6 Å². The highest BCUT2D eigenvalue weighted by molar-refractivity contribution is 5.77. The fraction of sp³-hybridized carbons (Fsp3) is 0.632. The molecule has 1 aliphatic rings. The Bertz CT molecular complexity index is 554. The van der Waals surface area contributed by atoms with Crippen molar-refractivity contribution in [1.82, 2.24) is 10.2 Å². The summed E-state index contributed by atoms with van der Waals surface area (Å²) in [6, 6.07) is 6.08. The van der Waals surface area contributed by atoms with Gasteiger partial charge in [0.2, 0.25) is 5.91 Å². The van der Waals surface area contributed by atoms with Crippen molar-refractivity contribution in [3.63, 3.8) is 0 Å². The maximum Gasteiger partial charge on any atom is 0.246 e. The number of likely N-dealkylation sites (tertiary alicyclic amines) is 1. The summed E-state index contributed by atoms with van der Waals surface area (Å²) >= 11 is 0. The predicted octanol–water partition coefficient (Wildman–Crippen LogP) is 1.92. The van der Waals surface area contributed by atoms with Gasteiger partial charge in [-0.05, 0) is 29.5 Å². The van der Waals surface area contributed by atoms with Gasteiger partial charge in [-0.15, -0.1) is 0 Å². The number of hydrogen-bond acceptors (Lipinski definition) is 5. The van der Waals surface area contributed by atoms with Crippen molar-refractivity contribution in [3.05, 3.63) is 23.8 Å². The molecule has 0 bridgehead atoms. The second-order valence-electron chi connectivity index (χ2n) is 6.93. The number of nitrogens with zero attached hydrogens (tertiary/aromatic N) is 1. The Hall–Kier alpha value is -1.79. The zero-order valence-corrected chi connectivity index (χ0v) is 15.9. The van der Waals surface area contributed by atoms with E-state index < -0.39 is 0 Å². The van der Waals surface area contributed by atoms with Gasteiger partial charge in [-0.25, -0.2) is 0 Å². The van der Waals surface area contributed by atoms with E-state index >= 15 is 0 Å². The summed E-state index contributed by atoms with van der Waals surface area (Å²) < 4.78 is 15.6. The highest BCUT2D eigenvalue weighted by Crippen LogP contribution is 2.28. The topological polar surface area (TPSA) is 60.0 Å². The van der Waals surface area contributed by atoms with E-state index in [4.69, 9.17) is 14.2 Å². The fourth-order valence-electron chi connectivity index (χ4n) is 3.47. The highest BCUT2D eigenvalue weighted by Gasteiger charge is 2.35. The minimum absolute atomic E-state index is 0.0527. The van der Waals surface area contributed by atoms with Gasteiger partial charge in [-0.3, -0.25) is 9.69 Å². The van der Waals surface area contributed by atoms with Crippen LogP contribution in [-0.2, 0) is 16.1 Å². The molecule has 140 valence electrons. The third-order valence-electron chi connectivity index (χ3n) is 4.74. The number of methoxy groups -OCH3 is 3. The molecule has 1 aromatic carbocycles. The second kappa shape index (κ2) is 9.06. The van der Waals surface area contributed by atoms with Gasteiger partial charge in [0.25, 0.3) is 0 Å². The van der Waals surface area contributed by atoms with Crippen molar-refractivity contribution in [1.29, 1.82) is 0 Å². The summed E-state index contributed by atoms with van der Waals surface area (Å²) in [6.45, 7) is 7.10. The van der Waals surface area contributed by atoms with Crippen LogP contribution in [0.15, 0.2) is 18.2 Å². The molecule has 1 heterocycles. The van der Waals surface area contributed by atoms with Gasteiger partial charge in [0.15, 0.2) is 0 Å². The van der Waals surface area contributed by atoms with E-state index in [9.17, 15) is 4.79 Å². The normalized spacial score (nSPS) is 20.7. The quantitative estimate of drug-likeness (QED) is 0.776. The largest absolute Gasteiger partial charge is 0.497 e. The molecule has 1 aliphatic heterocycles. The van der Waals surface area contributed by atoms with E-state index in [1.807, 2.05) is 18.2 Å². The molecule has 1 fully saturated rings. The molecule has 1 N–H and O–H groups in total. The van der Waals surface area contributed by atoms with Gasteiger partial charge in [0, 0.05) is 38.9 Å². The van der Waals surface area contributed by atoms with Crippen molar-refractivity contribution in [2.24, 2.45) is 11.8 Å². The first-order chi connectivity index (χ1) is 12.0. The van der Waals surface area contributed by atoms with E-state index in [2.05, 4.69) is 24.1 Å². The summed E-state index contributed by atoms with van der Waals surface area (Å²) in [4.78, 5) is 14.3. The molecule has 1 saturated heterocycles. The Balaban J connectivity index is 2.06. The van der Waals surface area contributed by atoms with Gasteiger partial charge in [-0.2, -0.15) is 0 Å². The number of hydrogen-bond donors (Lipinski definition) is 1. The molecule has 0 saturated carbocycles. The Kier molecular flexibility index (Phi) is 7.08. The Morgan fingerprint density at radius 1 is 1.16 bits per heavy atom. The van der Waals surface area contributed by atoms with Crippen molar-refractivity contribution < 1.29 is 19.0 Å². The molecule has 25 heavy (non-hydrogen) atoms. The molecule has 0 radical (unpaired) electrons. The molecular formula is C19H30N2O4. The maximum atomic E-state index is 11.9. The van der Waals surface area contributed by atoms with Gasteiger partial charge >= 0.3 is 0 Å². The van der Waals surface area contributed by atoms with Crippen LogP contribution in [0.1, 0.15) is 19.4 Å². The Morgan fingerprint density at radius 2 is 1.80 bits per heavy atom. The minimum Gasteiger partial charge on any atom is -0.497 e. The summed E-state index contributed by atoms with van der Waals surface area (Å²) in [5.41, 5.74) is 1.14. The monoisotopic (exact) mass is 350 g/mol. The summed E-state index contributed by atoms with van der Waals surface area (Å²) in [5, 5.41) is 3.12. The number of amides is 1. The summed E-state index contributed by atoms with van der Waals surface area (Å²) in [5.74, 6) is 2.45. The number of ether oxygens (including phenoxy) is 3. The third kappa shape index (κ3) is 5.34. The highest BCUT2D eigenvalue weighted by atomic mass is 16.5. The number of nitrogens with one attached hydrogen (secondary N) is 1. The lowest BCUT2D eigenvalue weighted by atomic mass is 9.91. The van der Waals surface area contributed by atoms with Crippen LogP contribution < -0.4 is 14.8 Å². The van der Waals surface area contributed by atoms with Gasteiger partial charge in [-0.1, -0.05) is 13.8 Å². The second-order valence-corrected chi connectivity index (χ2v) is 6.93. The van der Waals surface area contributed by atoms with Crippen LogP contribution in [0.2, 0.25) is 0 Å². The smallest absolute Gasteiger partial charge is 0.246 e. The lowest BCUT2D eigenvalue weighted by molar-refractivity contribution is -0.125. The number of carbonyl (C=O) groups is 1. The first-order valence-electron chi connectivity index (χ1n) is 8.69. The SMILES string of the molecule is COCC(=O)N[C@H]1CN(Cc2cc(OC)cc(OC)c2)C[C@@H]1C(C)C. The van der Waals surface area contributed by atoms with Gasteiger partial charge in [0.1, 0.15) is 18.1 Å². The van der Waals surface area contributed by atoms with Crippen LogP contribution in [0.3, 0.4) is 0 Å². The Labute approximate surface area is 150 Å². The average molecular weight is 350 g/mol. The first kappa shape index (κ1) is 19.5. The molecule has 1 aromatic rings. The van der Waals surface area contributed by atoms with E-state index in [1.54, 1.807) is 14.2 Å². The molecule has 6 heteroatoms. The predicted molar refractivity (Wildman–Crippen MR) is 97.0 cm³/mol. The van der Waals surface area contributed by atoms with E-state index in [0.717, 1.165) is 36.7 Å². The van der Waals surface area contributed by atoms with Crippen LogP contribution in [0, 0.1) is 11.8 Å². The lowest BCUT2D eigenvalue weighted by Crippen LogP contribution is -2.43. The van der Waals surface area contributed by atoms with Crippen molar-refractivity contribution in [2.45, 2.75) is 26.4 Å². The zero-order chi connectivity index (χ0) is 18.4. The van der Waals surface area contributed by atoms with Crippen LogP contribution in [0.4, 0.5) is 0 Å². The Morgan fingerprint density at radius 3 is 2.32 bits per heavy atom. The molecule has 6 nitrogen and oxygen atoms in total. The zero-order valence-electron chi connectivity index (χ0n) is 15.9. The van der Waals surface area contributed by atoms with Gasteiger partial charge < -0.3 is 19.5 Å². The molecular weight excluding hydrogens is 320 g/mol. The van der Waals surface area contributed by atoms with Crippen LogP contribution in [0.25, 0.3) is 0 Å². The molecule has 1 amide bonds. The number of carbonyl (C=O) groups excluding carboxylic acids is 1. The third-order valence-corrected chi connectivity index (χ3v) is 4.74. The average Bonchev–Trinajstić information content (AvgIpc) is 2.97. The molecule has 0 aromatic heterocycles. The van der Waals surface area contributed by atoms with E-state index in [0.29, 0.717) is 11.8 Å². The first-order valence-corrected chi connectivity index (χ1v) is 8.69. The van der Waals surface area contributed by atoms with Crippen molar-refractivity contribution >= 4 is 5.91 Å². The maximum absolute atomic E-state index is 11.9. The van der Waals surface area contributed by atoms with Crippen LogP contribution in [-0.4, -0.2) is 57.9 Å². The van der Waals surface area contributed by atoms with E-state index in [1.165, 1.54) is 7.11 Å². The number of rotatable bonds is 8. The fourth-order valence-corrected chi connectivity index (χ4v) is 3.47. The molecule has 0 unspecified atom stereocenters. The van der Waals surface area contributed by atoms with Crippen LogP contribution in [0.5, 0.6) is 11.5 Å². The molecule has 0 aliphatic carbocycles. The van der Waals surface area contributed by atoms with Crippen molar-refractivity contribution in [3.8, 4) is 11.5 Å². The summed E-state index contributed by atoms with van der Waals surface area (Å²) in [7, 11) is 4.85. The standard InChI is InChI=1S/C19H30N2O4/c1-13(2)17-10-21(11-18(17)20-19(22)12-23-3)9-14-6-15(24-4)8-16(7-14)25-5/h6-8,13,17-18H,9-12H2,1-5H3,(H,20,22)/t17-,18+/m1/s1. The number of benzene rings is 1. The molecule has 2 atom stereocenters. The lowest BCUT2D eigenvalue weighted by Gasteiger charge is -2.22. The van der Waals surface area contributed by atoms with Crippen LogP contribution >= 0.6 is 0 Å². The minimum atomic E-state index is -0.0527. The van der Waals surface area contributed by atoms with Gasteiger partial charge in [0.05, 0.1) is 14.2 Å².